The Hall–Kier alpha value is -1.10. The third-order valence-corrected chi connectivity index (χ3v) is 4.70. The van der Waals surface area contributed by atoms with Crippen LogP contribution in [0.2, 0.25) is 0 Å². The van der Waals surface area contributed by atoms with Gasteiger partial charge in [-0.15, -0.1) is 0 Å². The zero-order valence-electron chi connectivity index (χ0n) is 12.3. The molecule has 5 nitrogen and oxygen atoms in total. The van der Waals surface area contributed by atoms with Crippen molar-refractivity contribution in [2.75, 3.05) is 13.1 Å². The van der Waals surface area contributed by atoms with Gasteiger partial charge in [-0.2, -0.15) is 0 Å². The van der Waals surface area contributed by atoms with Crippen molar-refractivity contribution < 1.29 is 14.7 Å². The first-order valence-electron chi connectivity index (χ1n) is 7.84. The van der Waals surface area contributed by atoms with Gasteiger partial charge in [0.2, 0.25) is 5.91 Å². The molecular formula is C15H26N2O3. The van der Waals surface area contributed by atoms with Crippen LogP contribution < -0.4 is 5.32 Å². The van der Waals surface area contributed by atoms with Gasteiger partial charge in [0.15, 0.2) is 0 Å². The summed E-state index contributed by atoms with van der Waals surface area (Å²) in [6.45, 7) is 3.12. The van der Waals surface area contributed by atoms with E-state index in [9.17, 15) is 14.7 Å². The normalized spacial score (nSPS) is 31.8. The molecule has 1 amide bonds. The van der Waals surface area contributed by atoms with Crippen LogP contribution in [-0.4, -0.2) is 47.1 Å². The smallest absolute Gasteiger partial charge is 0.320 e. The van der Waals surface area contributed by atoms with Crippen LogP contribution in [0.3, 0.4) is 0 Å². The first-order valence-corrected chi connectivity index (χ1v) is 7.84. The monoisotopic (exact) mass is 282 g/mol. The number of carboxylic acids is 1. The molecule has 0 radical (unpaired) electrons. The lowest BCUT2D eigenvalue weighted by Gasteiger charge is -2.34. The number of likely N-dealkylation sites (tertiary alicyclic amines) is 1. The molecule has 1 heterocycles. The predicted octanol–water partition coefficient (Wildman–Crippen LogP) is 1.62. The fourth-order valence-electron chi connectivity index (χ4n) is 3.43. The van der Waals surface area contributed by atoms with Gasteiger partial charge in [0, 0.05) is 6.04 Å². The molecule has 0 spiro atoms. The Morgan fingerprint density at radius 2 is 1.85 bits per heavy atom. The van der Waals surface area contributed by atoms with Gasteiger partial charge in [-0.3, -0.25) is 14.5 Å². The molecule has 1 saturated carbocycles. The summed E-state index contributed by atoms with van der Waals surface area (Å²) in [5.41, 5.74) is 0. The Bertz CT molecular complexity index is 359. The summed E-state index contributed by atoms with van der Waals surface area (Å²) in [4.78, 5) is 25.2. The molecule has 2 aliphatic rings. The quantitative estimate of drug-likeness (QED) is 0.822. The van der Waals surface area contributed by atoms with E-state index in [1.807, 2.05) is 4.90 Å². The van der Waals surface area contributed by atoms with Crippen molar-refractivity contribution >= 4 is 11.9 Å². The van der Waals surface area contributed by atoms with Gasteiger partial charge in [0.05, 0.1) is 6.54 Å². The van der Waals surface area contributed by atoms with E-state index in [0.717, 1.165) is 19.3 Å². The predicted molar refractivity (Wildman–Crippen MR) is 76.4 cm³/mol. The van der Waals surface area contributed by atoms with Crippen LogP contribution in [0.4, 0.5) is 0 Å². The van der Waals surface area contributed by atoms with Crippen LogP contribution in [0, 0.1) is 5.92 Å². The molecular weight excluding hydrogens is 256 g/mol. The molecule has 2 rings (SSSR count). The fraction of sp³-hybridized carbons (Fsp3) is 0.867. The van der Waals surface area contributed by atoms with Crippen molar-refractivity contribution in [3.63, 3.8) is 0 Å². The minimum Gasteiger partial charge on any atom is -0.480 e. The van der Waals surface area contributed by atoms with Crippen LogP contribution in [-0.2, 0) is 9.59 Å². The lowest BCUT2D eigenvalue weighted by atomic mass is 9.86. The van der Waals surface area contributed by atoms with Crippen LogP contribution >= 0.6 is 0 Å². The highest BCUT2D eigenvalue weighted by Gasteiger charge is 2.30. The number of carbonyl (C=O) groups is 2. The molecule has 20 heavy (non-hydrogen) atoms. The van der Waals surface area contributed by atoms with Crippen LogP contribution in [0.25, 0.3) is 0 Å². The molecule has 3 unspecified atom stereocenters. The maximum atomic E-state index is 12.1. The second kappa shape index (κ2) is 7.07. The maximum absolute atomic E-state index is 12.1. The molecule has 1 aliphatic carbocycles. The van der Waals surface area contributed by atoms with E-state index < -0.39 is 12.0 Å². The van der Waals surface area contributed by atoms with Crippen molar-refractivity contribution in [3.05, 3.63) is 0 Å². The topological polar surface area (TPSA) is 69.6 Å². The number of amides is 1. The summed E-state index contributed by atoms with van der Waals surface area (Å²) >= 11 is 0. The van der Waals surface area contributed by atoms with Gasteiger partial charge < -0.3 is 10.4 Å². The SMILES string of the molecule is CC1CCCCC1NC(=O)CN1CCCCC1C(=O)O. The van der Waals surface area contributed by atoms with Gasteiger partial charge in [-0.25, -0.2) is 0 Å². The fourth-order valence-corrected chi connectivity index (χ4v) is 3.43. The number of carboxylic acid groups (broad SMARTS) is 1. The second-order valence-corrected chi connectivity index (χ2v) is 6.26. The van der Waals surface area contributed by atoms with E-state index in [-0.39, 0.29) is 18.5 Å². The van der Waals surface area contributed by atoms with Gasteiger partial charge in [-0.1, -0.05) is 26.2 Å². The molecule has 1 aliphatic heterocycles. The van der Waals surface area contributed by atoms with Crippen molar-refractivity contribution in [2.24, 2.45) is 5.92 Å². The highest BCUT2D eigenvalue weighted by atomic mass is 16.4. The molecule has 1 saturated heterocycles. The lowest BCUT2D eigenvalue weighted by molar-refractivity contribution is -0.145. The van der Waals surface area contributed by atoms with Crippen molar-refractivity contribution in [3.8, 4) is 0 Å². The summed E-state index contributed by atoms with van der Waals surface area (Å²) in [5, 5.41) is 12.3. The number of nitrogens with zero attached hydrogens (tertiary/aromatic N) is 1. The number of piperidine rings is 1. The number of hydrogen-bond acceptors (Lipinski definition) is 3. The van der Waals surface area contributed by atoms with Crippen LogP contribution in [0.5, 0.6) is 0 Å². The number of nitrogens with one attached hydrogen (secondary N) is 1. The van der Waals surface area contributed by atoms with Crippen molar-refractivity contribution in [1.29, 1.82) is 0 Å². The molecule has 2 fully saturated rings. The Morgan fingerprint density at radius 3 is 2.55 bits per heavy atom. The molecule has 3 atom stereocenters. The van der Waals surface area contributed by atoms with Crippen LogP contribution in [0.1, 0.15) is 51.9 Å². The Balaban J connectivity index is 1.84. The van der Waals surface area contributed by atoms with Crippen molar-refractivity contribution in [1.82, 2.24) is 10.2 Å². The average molecular weight is 282 g/mol. The summed E-state index contributed by atoms with van der Waals surface area (Å²) in [5.74, 6) is -0.287. The zero-order chi connectivity index (χ0) is 14.5. The van der Waals surface area contributed by atoms with Crippen molar-refractivity contribution in [2.45, 2.75) is 64.0 Å². The third kappa shape index (κ3) is 3.95. The minimum absolute atomic E-state index is 0.0168. The molecule has 5 heteroatoms. The standard InChI is InChI=1S/C15H26N2O3/c1-11-6-2-3-7-12(11)16-14(18)10-17-9-5-4-8-13(17)15(19)20/h11-13H,2-10H2,1H3,(H,16,18)(H,19,20). The first kappa shape index (κ1) is 15.3. The first-order chi connectivity index (χ1) is 9.58. The Kier molecular flexibility index (Phi) is 5.40. The van der Waals surface area contributed by atoms with Gasteiger partial charge in [0.25, 0.3) is 0 Å². The molecule has 0 aromatic carbocycles. The molecule has 114 valence electrons. The van der Waals surface area contributed by atoms with Crippen LogP contribution in [0.15, 0.2) is 0 Å². The second-order valence-electron chi connectivity index (χ2n) is 6.26. The lowest BCUT2D eigenvalue weighted by Crippen LogP contribution is -2.51. The van der Waals surface area contributed by atoms with Gasteiger partial charge in [-0.05, 0) is 38.1 Å². The van der Waals surface area contributed by atoms with Gasteiger partial charge in [0.1, 0.15) is 6.04 Å². The van der Waals surface area contributed by atoms with E-state index in [1.54, 1.807) is 0 Å². The summed E-state index contributed by atoms with van der Waals surface area (Å²) in [6.07, 6.45) is 7.23. The summed E-state index contributed by atoms with van der Waals surface area (Å²) in [6, 6.07) is -0.220. The van der Waals surface area contributed by atoms with E-state index in [0.29, 0.717) is 18.9 Å². The molecule has 0 aromatic heterocycles. The molecule has 2 N–H and O–H groups in total. The highest BCUT2D eigenvalue weighted by Crippen LogP contribution is 2.24. The molecule has 0 bridgehead atoms. The van der Waals surface area contributed by atoms with E-state index in [1.165, 1.54) is 19.3 Å². The van der Waals surface area contributed by atoms with Gasteiger partial charge >= 0.3 is 5.97 Å². The van der Waals surface area contributed by atoms with E-state index in [4.69, 9.17) is 0 Å². The van der Waals surface area contributed by atoms with E-state index >= 15 is 0 Å². The number of hydrogen-bond donors (Lipinski definition) is 2. The summed E-state index contributed by atoms with van der Waals surface area (Å²) in [7, 11) is 0. The third-order valence-electron chi connectivity index (χ3n) is 4.70. The number of rotatable bonds is 4. The average Bonchev–Trinajstić information content (AvgIpc) is 2.41. The number of carbonyl (C=O) groups excluding carboxylic acids is 1. The molecule has 0 aromatic rings. The maximum Gasteiger partial charge on any atom is 0.320 e. The minimum atomic E-state index is -0.802. The van der Waals surface area contributed by atoms with E-state index in [2.05, 4.69) is 12.2 Å². The largest absolute Gasteiger partial charge is 0.480 e. The Labute approximate surface area is 120 Å². The summed E-state index contributed by atoms with van der Waals surface area (Å²) < 4.78 is 0. The Morgan fingerprint density at radius 1 is 1.15 bits per heavy atom. The zero-order valence-corrected chi connectivity index (χ0v) is 12.3. The number of aliphatic carboxylic acids is 1. The highest BCUT2D eigenvalue weighted by molar-refractivity contribution is 5.80.